The SMILES string of the molecule is CCOCCS(=O)(=O)NCC(=O)N1CCCC(N2CCNCC2=O)C1.Cl. The molecule has 2 saturated heterocycles. The van der Waals surface area contributed by atoms with Crippen molar-refractivity contribution in [2.45, 2.75) is 25.8 Å². The topological polar surface area (TPSA) is 108 Å². The Balaban J connectivity index is 0.00000338. The van der Waals surface area contributed by atoms with Gasteiger partial charge in [0.25, 0.3) is 0 Å². The zero-order valence-corrected chi connectivity index (χ0v) is 16.7. The van der Waals surface area contributed by atoms with E-state index < -0.39 is 10.0 Å². The number of piperidine rings is 1. The molecule has 2 aliphatic heterocycles. The quantitative estimate of drug-likeness (QED) is 0.484. The van der Waals surface area contributed by atoms with Crippen molar-refractivity contribution >= 4 is 34.2 Å². The minimum Gasteiger partial charge on any atom is -0.381 e. The summed E-state index contributed by atoms with van der Waals surface area (Å²) < 4.78 is 31.0. The van der Waals surface area contributed by atoms with E-state index in [-0.39, 0.29) is 49.2 Å². The number of nitrogens with one attached hydrogen (secondary N) is 2. The fraction of sp³-hybridized carbons (Fsp3) is 0.867. The van der Waals surface area contributed by atoms with Gasteiger partial charge in [-0.15, -0.1) is 12.4 Å². The second-order valence-electron chi connectivity index (χ2n) is 6.24. The first-order valence-corrected chi connectivity index (χ1v) is 10.4. The van der Waals surface area contributed by atoms with Gasteiger partial charge in [-0.1, -0.05) is 0 Å². The van der Waals surface area contributed by atoms with E-state index in [2.05, 4.69) is 10.0 Å². The smallest absolute Gasteiger partial charge is 0.237 e. The highest BCUT2D eigenvalue weighted by molar-refractivity contribution is 7.89. The summed E-state index contributed by atoms with van der Waals surface area (Å²) in [5.41, 5.74) is 0. The number of rotatable bonds is 8. The lowest BCUT2D eigenvalue weighted by atomic mass is 10.0. The van der Waals surface area contributed by atoms with Crippen LogP contribution in [0.15, 0.2) is 0 Å². The van der Waals surface area contributed by atoms with Gasteiger partial charge in [-0.3, -0.25) is 9.59 Å². The number of hydrogen-bond donors (Lipinski definition) is 2. The Labute approximate surface area is 161 Å². The highest BCUT2D eigenvalue weighted by atomic mass is 35.5. The third-order valence-electron chi connectivity index (χ3n) is 4.46. The second kappa shape index (κ2) is 11.0. The Kier molecular flexibility index (Phi) is 9.80. The van der Waals surface area contributed by atoms with Gasteiger partial charge in [0, 0.05) is 38.8 Å². The van der Waals surface area contributed by atoms with Gasteiger partial charge >= 0.3 is 0 Å². The summed E-state index contributed by atoms with van der Waals surface area (Å²) in [6.45, 7) is 4.90. The summed E-state index contributed by atoms with van der Waals surface area (Å²) in [6.07, 6.45) is 1.68. The molecule has 11 heteroatoms. The molecule has 2 fully saturated rings. The summed E-state index contributed by atoms with van der Waals surface area (Å²) in [4.78, 5) is 27.8. The van der Waals surface area contributed by atoms with Gasteiger partial charge in [0.1, 0.15) is 0 Å². The van der Waals surface area contributed by atoms with Crippen LogP contribution < -0.4 is 10.0 Å². The van der Waals surface area contributed by atoms with Gasteiger partial charge in [-0.05, 0) is 19.8 Å². The number of amides is 2. The Bertz CT molecular complexity index is 574. The molecule has 26 heavy (non-hydrogen) atoms. The zero-order chi connectivity index (χ0) is 18.3. The molecular weight excluding hydrogens is 384 g/mol. The van der Waals surface area contributed by atoms with E-state index >= 15 is 0 Å². The molecule has 2 rings (SSSR count). The third-order valence-corrected chi connectivity index (χ3v) is 5.75. The lowest BCUT2D eigenvalue weighted by Gasteiger charge is -2.41. The minimum atomic E-state index is -3.53. The number of carbonyl (C=O) groups is 2. The molecule has 0 aromatic carbocycles. The number of likely N-dealkylation sites (tertiary alicyclic amines) is 1. The minimum absolute atomic E-state index is 0. The number of halogens is 1. The lowest BCUT2D eigenvalue weighted by Crippen LogP contribution is -2.58. The largest absolute Gasteiger partial charge is 0.381 e. The lowest BCUT2D eigenvalue weighted by molar-refractivity contribution is -0.139. The molecule has 2 amide bonds. The number of carbonyl (C=O) groups excluding carboxylic acids is 2. The van der Waals surface area contributed by atoms with Crippen molar-refractivity contribution in [1.82, 2.24) is 19.8 Å². The van der Waals surface area contributed by atoms with E-state index in [0.29, 0.717) is 32.8 Å². The van der Waals surface area contributed by atoms with Crippen LogP contribution in [0.2, 0.25) is 0 Å². The van der Waals surface area contributed by atoms with Crippen molar-refractivity contribution in [2.75, 3.05) is 58.2 Å². The predicted octanol–water partition coefficient (Wildman–Crippen LogP) is -1.21. The maximum absolute atomic E-state index is 12.3. The van der Waals surface area contributed by atoms with Crippen molar-refractivity contribution in [3.8, 4) is 0 Å². The van der Waals surface area contributed by atoms with Crippen LogP contribution in [0.4, 0.5) is 0 Å². The fourth-order valence-corrected chi connectivity index (χ4v) is 3.94. The zero-order valence-electron chi connectivity index (χ0n) is 15.1. The average molecular weight is 413 g/mol. The predicted molar refractivity (Wildman–Crippen MR) is 99.7 cm³/mol. The van der Waals surface area contributed by atoms with Gasteiger partial charge in [0.05, 0.1) is 25.4 Å². The molecule has 0 bridgehead atoms. The summed E-state index contributed by atoms with van der Waals surface area (Å²) in [6, 6.07) is 0.0156. The normalized spacial score (nSPS) is 21.4. The first kappa shape index (κ1) is 23.1. The molecule has 0 spiro atoms. The molecule has 1 atom stereocenters. The molecule has 2 heterocycles. The Morgan fingerprint density at radius 3 is 2.85 bits per heavy atom. The molecule has 0 aliphatic carbocycles. The van der Waals surface area contributed by atoms with E-state index in [1.165, 1.54) is 0 Å². The number of piperazine rings is 1. The molecule has 9 nitrogen and oxygen atoms in total. The highest BCUT2D eigenvalue weighted by Crippen LogP contribution is 2.17. The Morgan fingerprint density at radius 1 is 1.38 bits per heavy atom. The standard InChI is InChI=1S/C15H28N4O5S.ClH/c1-2-24-8-9-25(22,23)17-11-14(20)18-6-3-4-13(12-18)19-7-5-16-10-15(19)21;/h13,16-17H,2-12H2,1H3;1H. The van der Waals surface area contributed by atoms with Crippen molar-refractivity contribution in [3.05, 3.63) is 0 Å². The van der Waals surface area contributed by atoms with Crippen LogP contribution in [0, 0.1) is 0 Å². The second-order valence-corrected chi connectivity index (χ2v) is 8.16. The van der Waals surface area contributed by atoms with Crippen LogP contribution in [-0.2, 0) is 24.3 Å². The maximum Gasteiger partial charge on any atom is 0.237 e. The number of sulfonamides is 1. The van der Waals surface area contributed by atoms with E-state index in [1.807, 2.05) is 4.90 Å². The van der Waals surface area contributed by atoms with Crippen molar-refractivity contribution in [3.63, 3.8) is 0 Å². The fourth-order valence-electron chi connectivity index (χ4n) is 3.11. The van der Waals surface area contributed by atoms with Crippen LogP contribution in [-0.4, -0.2) is 94.3 Å². The average Bonchev–Trinajstić information content (AvgIpc) is 2.60. The number of hydrogen-bond acceptors (Lipinski definition) is 6. The molecule has 0 radical (unpaired) electrons. The molecule has 2 N–H and O–H groups in total. The Hall–Kier alpha value is -0.940. The molecule has 152 valence electrons. The maximum atomic E-state index is 12.3. The van der Waals surface area contributed by atoms with E-state index in [0.717, 1.165) is 19.4 Å². The molecule has 0 aromatic rings. The summed E-state index contributed by atoms with van der Waals surface area (Å²) >= 11 is 0. The Morgan fingerprint density at radius 2 is 2.15 bits per heavy atom. The van der Waals surface area contributed by atoms with Crippen LogP contribution in [0.25, 0.3) is 0 Å². The third kappa shape index (κ3) is 6.99. The first-order valence-electron chi connectivity index (χ1n) is 8.76. The number of ether oxygens (including phenoxy) is 1. The van der Waals surface area contributed by atoms with Crippen LogP contribution in [0.3, 0.4) is 0 Å². The summed E-state index contributed by atoms with van der Waals surface area (Å²) in [7, 11) is -3.53. The summed E-state index contributed by atoms with van der Waals surface area (Å²) in [5, 5.41) is 3.04. The first-order chi connectivity index (χ1) is 11.9. The van der Waals surface area contributed by atoms with Crippen molar-refractivity contribution in [2.24, 2.45) is 0 Å². The molecule has 0 saturated carbocycles. The van der Waals surface area contributed by atoms with E-state index in [1.54, 1.807) is 11.8 Å². The van der Waals surface area contributed by atoms with Crippen LogP contribution in [0.1, 0.15) is 19.8 Å². The molecule has 1 unspecified atom stereocenters. The van der Waals surface area contributed by atoms with E-state index in [9.17, 15) is 18.0 Å². The number of nitrogens with zero attached hydrogens (tertiary/aromatic N) is 2. The molecule has 2 aliphatic rings. The highest BCUT2D eigenvalue weighted by Gasteiger charge is 2.31. The summed E-state index contributed by atoms with van der Waals surface area (Å²) in [5.74, 6) is -0.360. The van der Waals surface area contributed by atoms with Crippen molar-refractivity contribution in [1.29, 1.82) is 0 Å². The van der Waals surface area contributed by atoms with Crippen LogP contribution in [0.5, 0.6) is 0 Å². The van der Waals surface area contributed by atoms with E-state index in [4.69, 9.17) is 4.74 Å². The van der Waals surface area contributed by atoms with Gasteiger partial charge in [-0.25, -0.2) is 13.1 Å². The van der Waals surface area contributed by atoms with Gasteiger partial charge in [0.15, 0.2) is 0 Å². The molecule has 0 aromatic heterocycles. The monoisotopic (exact) mass is 412 g/mol. The van der Waals surface area contributed by atoms with Gasteiger partial charge in [-0.2, -0.15) is 0 Å². The van der Waals surface area contributed by atoms with Crippen LogP contribution >= 0.6 is 12.4 Å². The molecular formula is C15H29ClN4O5S. The van der Waals surface area contributed by atoms with Gasteiger partial charge < -0.3 is 19.9 Å². The van der Waals surface area contributed by atoms with Crippen molar-refractivity contribution < 1.29 is 22.7 Å². The van der Waals surface area contributed by atoms with Gasteiger partial charge in [0.2, 0.25) is 21.8 Å².